The van der Waals surface area contributed by atoms with Crippen LogP contribution in [-0.4, -0.2) is 51.2 Å². The largest absolute Gasteiger partial charge is 0.497 e. The number of H-pyrrole nitrogens is 1. The average Bonchev–Trinajstić information content (AvgIpc) is 3.37. The van der Waals surface area contributed by atoms with Crippen molar-refractivity contribution in [2.24, 2.45) is 0 Å². The van der Waals surface area contributed by atoms with Crippen LogP contribution in [0.25, 0.3) is 5.52 Å². The third-order valence-electron chi connectivity index (χ3n) is 5.75. The Morgan fingerprint density at radius 2 is 2.17 bits per heavy atom. The lowest BCUT2D eigenvalue weighted by Crippen LogP contribution is -2.40. The average molecular weight is 414 g/mol. The number of nitrogens with two attached hydrogens (primary N) is 1. The predicted octanol–water partition coefficient (Wildman–Crippen LogP) is 0.918. The van der Waals surface area contributed by atoms with E-state index in [4.69, 9.17) is 24.7 Å². The van der Waals surface area contributed by atoms with Gasteiger partial charge in [0.2, 0.25) is 5.95 Å². The Morgan fingerprint density at radius 3 is 2.93 bits per heavy atom. The second-order valence-corrected chi connectivity index (χ2v) is 7.60. The van der Waals surface area contributed by atoms with Gasteiger partial charge in [-0.1, -0.05) is 12.1 Å². The number of rotatable bonds is 4. The fraction of sp³-hybridized carbons (Fsp3) is 0.400. The van der Waals surface area contributed by atoms with E-state index in [2.05, 4.69) is 10.1 Å². The molecule has 3 aromatic rings. The van der Waals surface area contributed by atoms with Gasteiger partial charge in [0.25, 0.3) is 5.56 Å². The van der Waals surface area contributed by atoms with Crippen molar-refractivity contribution in [1.82, 2.24) is 14.6 Å². The van der Waals surface area contributed by atoms with Gasteiger partial charge in [0.15, 0.2) is 6.29 Å². The monoisotopic (exact) mass is 414 g/mol. The summed E-state index contributed by atoms with van der Waals surface area (Å²) in [5, 5.41) is 14.1. The molecule has 2 aliphatic rings. The predicted molar refractivity (Wildman–Crippen MR) is 105 cm³/mol. The molecule has 4 heterocycles. The second-order valence-electron chi connectivity index (χ2n) is 7.60. The van der Waals surface area contributed by atoms with Crippen LogP contribution < -0.4 is 16.0 Å². The van der Waals surface area contributed by atoms with Crippen molar-refractivity contribution >= 4 is 11.5 Å². The molecule has 4 N–H and O–H groups in total. The van der Waals surface area contributed by atoms with Gasteiger partial charge in [-0.3, -0.25) is 9.78 Å². The Bertz CT molecular complexity index is 1160. The summed E-state index contributed by atoms with van der Waals surface area (Å²) in [5.41, 5.74) is 6.15. The molecule has 2 fully saturated rings. The van der Waals surface area contributed by atoms with Crippen LogP contribution in [0, 0.1) is 0 Å². The number of benzene rings is 1. The summed E-state index contributed by atoms with van der Waals surface area (Å²) in [6.07, 6.45) is -2.45. The standard InChI is InChI=1S/C20H22N4O6/c1-20-15(12-6-7-13-17(26)22-19(21)23-24(12)13)28-14(9-25)16(20)29-18(30-20)10-4-3-5-11(8-10)27-2/h3-8,14-16,18,25H,9H2,1-2H3,(H3,21,22,23,26)/t14-,15+,16-,18?,20+/m1/s1. The van der Waals surface area contributed by atoms with E-state index in [-0.39, 0.29) is 18.1 Å². The number of nitrogen functional groups attached to an aromatic ring is 1. The molecule has 1 unspecified atom stereocenters. The van der Waals surface area contributed by atoms with E-state index in [1.54, 1.807) is 19.2 Å². The molecule has 10 heteroatoms. The molecule has 0 spiro atoms. The smallest absolute Gasteiger partial charge is 0.276 e. The minimum Gasteiger partial charge on any atom is -0.497 e. The first-order valence-electron chi connectivity index (χ1n) is 9.55. The van der Waals surface area contributed by atoms with Gasteiger partial charge in [0.05, 0.1) is 19.4 Å². The first kappa shape index (κ1) is 19.1. The molecule has 2 aliphatic heterocycles. The number of nitrogens with zero attached hydrogens (tertiary/aromatic N) is 2. The highest BCUT2D eigenvalue weighted by Gasteiger charge is 2.62. The molecule has 0 radical (unpaired) electrons. The van der Waals surface area contributed by atoms with Crippen LogP contribution in [0.2, 0.25) is 0 Å². The molecule has 30 heavy (non-hydrogen) atoms. The Labute approximate surface area is 171 Å². The quantitative estimate of drug-likeness (QED) is 0.574. The topological polar surface area (TPSA) is 133 Å². The number of aliphatic hydroxyl groups is 1. The van der Waals surface area contributed by atoms with Crippen LogP contribution in [0.3, 0.4) is 0 Å². The number of aromatic amines is 1. The first-order valence-corrected chi connectivity index (χ1v) is 9.55. The van der Waals surface area contributed by atoms with Crippen LogP contribution in [0.15, 0.2) is 41.2 Å². The highest BCUT2D eigenvalue weighted by atomic mass is 16.8. The number of fused-ring (bicyclic) bond motifs is 2. The summed E-state index contributed by atoms with van der Waals surface area (Å²) in [4.78, 5) is 14.7. The molecule has 0 amide bonds. The summed E-state index contributed by atoms with van der Waals surface area (Å²) in [6.45, 7) is 1.62. The van der Waals surface area contributed by atoms with Crippen molar-refractivity contribution in [3.63, 3.8) is 0 Å². The molecule has 0 saturated carbocycles. The molecule has 5 atom stereocenters. The molecular formula is C20H22N4O6. The van der Waals surface area contributed by atoms with Gasteiger partial charge in [0, 0.05) is 5.56 Å². The van der Waals surface area contributed by atoms with Gasteiger partial charge >= 0.3 is 0 Å². The molecule has 0 aliphatic carbocycles. The molecule has 10 nitrogen and oxygen atoms in total. The lowest BCUT2D eigenvalue weighted by Gasteiger charge is -2.27. The lowest BCUT2D eigenvalue weighted by atomic mass is 9.91. The Morgan fingerprint density at radius 1 is 1.33 bits per heavy atom. The van der Waals surface area contributed by atoms with E-state index >= 15 is 0 Å². The molecule has 158 valence electrons. The zero-order valence-electron chi connectivity index (χ0n) is 16.4. The fourth-order valence-corrected chi connectivity index (χ4v) is 4.32. The van der Waals surface area contributed by atoms with Gasteiger partial charge < -0.3 is 29.8 Å². The third kappa shape index (κ3) is 2.72. The van der Waals surface area contributed by atoms with Gasteiger partial charge in [-0.25, -0.2) is 4.52 Å². The molecule has 2 saturated heterocycles. The number of aromatic nitrogens is 3. The Kier molecular flexibility index (Phi) is 4.33. The van der Waals surface area contributed by atoms with E-state index in [9.17, 15) is 9.90 Å². The second kappa shape index (κ2) is 6.81. The van der Waals surface area contributed by atoms with Crippen molar-refractivity contribution in [2.45, 2.75) is 37.1 Å². The van der Waals surface area contributed by atoms with E-state index in [1.807, 2.05) is 31.2 Å². The number of hydrogen-bond acceptors (Lipinski definition) is 8. The van der Waals surface area contributed by atoms with Crippen molar-refractivity contribution in [2.75, 3.05) is 19.5 Å². The minimum atomic E-state index is -0.936. The molecule has 2 aromatic heterocycles. The number of nitrogens with one attached hydrogen (secondary N) is 1. The van der Waals surface area contributed by atoms with Crippen molar-refractivity contribution in [1.29, 1.82) is 0 Å². The maximum atomic E-state index is 12.2. The van der Waals surface area contributed by atoms with E-state index in [1.165, 1.54) is 4.52 Å². The van der Waals surface area contributed by atoms with Gasteiger partial charge in [-0.2, -0.15) is 0 Å². The highest BCUT2D eigenvalue weighted by Crippen LogP contribution is 2.53. The van der Waals surface area contributed by atoms with Crippen LogP contribution in [0.1, 0.15) is 30.6 Å². The van der Waals surface area contributed by atoms with E-state index in [0.717, 1.165) is 5.56 Å². The third-order valence-corrected chi connectivity index (χ3v) is 5.75. The van der Waals surface area contributed by atoms with Crippen molar-refractivity contribution in [3.8, 4) is 5.75 Å². The SMILES string of the molecule is COc1cccc(C2O[C@@H]3[C@@H](CO)O[C@@H](c4ccc5c(=O)[nH]c(N)nn45)[C@]3(C)O2)c1. The molecule has 0 bridgehead atoms. The normalized spacial score (nSPS) is 30.6. The van der Waals surface area contributed by atoms with E-state index in [0.29, 0.717) is 17.0 Å². The number of ether oxygens (including phenoxy) is 4. The Hall–Kier alpha value is -2.92. The van der Waals surface area contributed by atoms with Crippen LogP contribution in [0.5, 0.6) is 5.75 Å². The molecular weight excluding hydrogens is 392 g/mol. The summed E-state index contributed by atoms with van der Waals surface area (Å²) < 4.78 is 25.4. The number of aliphatic hydroxyl groups excluding tert-OH is 1. The minimum absolute atomic E-state index is 0.0128. The first-order chi connectivity index (χ1) is 14.4. The van der Waals surface area contributed by atoms with Gasteiger partial charge in [-0.15, -0.1) is 5.10 Å². The lowest BCUT2D eigenvalue weighted by molar-refractivity contribution is -0.158. The molecule has 1 aromatic carbocycles. The Balaban J connectivity index is 1.56. The highest BCUT2D eigenvalue weighted by molar-refractivity contribution is 5.48. The van der Waals surface area contributed by atoms with Gasteiger partial charge in [-0.05, 0) is 31.2 Å². The van der Waals surface area contributed by atoms with Crippen LogP contribution in [-0.2, 0) is 14.2 Å². The zero-order chi connectivity index (χ0) is 21.0. The summed E-state index contributed by atoms with van der Waals surface area (Å²) >= 11 is 0. The fourth-order valence-electron chi connectivity index (χ4n) is 4.32. The summed E-state index contributed by atoms with van der Waals surface area (Å²) in [6, 6.07) is 10.8. The maximum Gasteiger partial charge on any atom is 0.276 e. The van der Waals surface area contributed by atoms with E-state index < -0.39 is 30.2 Å². The van der Waals surface area contributed by atoms with Crippen LogP contribution in [0.4, 0.5) is 5.95 Å². The zero-order valence-corrected chi connectivity index (χ0v) is 16.4. The van der Waals surface area contributed by atoms with Crippen molar-refractivity contribution < 1.29 is 24.1 Å². The van der Waals surface area contributed by atoms with Crippen LogP contribution >= 0.6 is 0 Å². The van der Waals surface area contributed by atoms with Crippen molar-refractivity contribution in [3.05, 3.63) is 58.0 Å². The summed E-state index contributed by atoms with van der Waals surface area (Å²) in [7, 11) is 1.59. The van der Waals surface area contributed by atoms with Gasteiger partial charge in [0.1, 0.15) is 35.2 Å². The number of methoxy groups -OCH3 is 1. The number of hydrogen-bond donors (Lipinski definition) is 3. The maximum absolute atomic E-state index is 12.2. The molecule has 5 rings (SSSR count). The summed E-state index contributed by atoms with van der Waals surface area (Å²) in [5.74, 6) is 0.672. The number of anilines is 1.